The highest BCUT2D eigenvalue weighted by Gasteiger charge is 2.42. The van der Waals surface area contributed by atoms with E-state index >= 15 is 0 Å². The van der Waals surface area contributed by atoms with E-state index in [9.17, 15) is 13.6 Å². The Morgan fingerprint density at radius 1 is 1.08 bits per heavy atom. The number of benzene rings is 1. The van der Waals surface area contributed by atoms with Crippen molar-refractivity contribution in [3.63, 3.8) is 0 Å². The number of nitrogens with zero attached hydrogens (tertiary/aromatic N) is 3. The van der Waals surface area contributed by atoms with E-state index in [1.54, 1.807) is 12.3 Å². The fourth-order valence-electron chi connectivity index (χ4n) is 5.66. The number of rotatable bonds is 7. The molecule has 3 aliphatic rings. The molecule has 0 amide bonds. The minimum Gasteiger partial charge on any atom is -0.465 e. The van der Waals surface area contributed by atoms with Gasteiger partial charge < -0.3 is 18.9 Å². The summed E-state index contributed by atoms with van der Waals surface area (Å²) >= 11 is 0. The van der Waals surface area contributed by atoms with Crippen molar-refractivity contribution in [1.29, 1.82) is 0 Å². The summed E-state index contributed by atoms with van der Waals surface area (Å²) in [4.78, 5) is 18.6. The van der Waals surface area contributed by atoms with Gasteiger partial charge in [0.05, 0.1) is 30.9 Å². The molecule has 3 aromatic rings. The maximum Gasteiger partial charge on any atom is 0.339 e. The van der Waals surface area contributed by atoms with Crippen molar-refractivity contribution in [2.45, 2.75) is 69.2 Å². The Balaban J connectivity index is 1.18. The topological polar surface area (TPSA) is 77.7 Å². The molecule has 3 fully saturated rings. The second-order valence-electron chi connectivity index (χ2n) is 9.84. The Bertz CT molecular complexity index is 1240. The fourth-order valence-corrected chi connectivity index (χ4v) is 5.66. The van der Waals surface area contributed by atoms with E-state index in [4.69, 9.17) is 14.0 Å². The molecule has 2 saturated heterocycles. The third-order valence-electron chi connectivity index (χ3n) is 7.55. The summed E-state index contributed by atoms with van der Waals surface area (Å²) in [5.74, 6) is 0.0340. The van der Waals surface area contributed by atoms with Gasteiger partial charge in [-0.1, -0.05) is 11.2 Å². The van der Waals surface area contributed by atoms with E-state index in [1.807, 2.05) is 6.07 Å². The van der Waals surface area contributed by atoms with Crippen LogP contribution in [0.5, 0.6) is 0 Å². The van der Waals surface area contributed by atoms with Crippen LogP contribution in [0, 0.1) is 11.6 Å². The van der Waals surface area contributed by atoms with Gasteiger partial charge in [0.2, 0.25) is 0 Å². The number of fused-ring (bicyclic) bond motifs is 2. The molecule has 0 radical (unpaired) electrons. The Labute approximate surface area is 207 Å². The Morgan fingerprint density at radius 3 is 2.42 bits per heavy atom. The van der Waals surface area contributed by atoms with Crippen LogP contribution < -0.4 is 4.90 Å². The zero-order valence-corrected chi connectivity index (χ0v) is 20.0. The number of hydrogen-bond donors (Lipinski definition) is 0. The molecule has 3 atom stereocenters. The molecule has 6 rings (SSSR count). The first kappa shape index (κ1) is 23.1. The van der Waals surface area contributed by atoms with Crippen LogP contribution in [0.3, 0.4) is 0 Å². The first-order valence-corrected chi connectivity index (χ1v) is 12.4. The van der Waals surface area contributed by atoms with Gasteiger partial charge in [-0.25, -0.2) is 18.6 Å². The van der Waals surface area contributed by atoms with Gasteiger partial charge in [0.1, 0.15) is 28.9 Å². The number of anilines is 1. The SMILES string of the molecule is COC(=O)c1ccc(N2C3CC[C@H]2CC(OCc2c(-c4c(F)cccc4F)noc2C2CC2)C3)nc1. The van der Waals surface area contributed by atoms with Gasteiger partial charge in [0.15, 0.2) is 0 Å². The van der Waals surface area contributed by atoms with E-state index < -0.39 is 17.6 Å². The van der Waals surface area contributed by atoms with Crippen molar-refractivity contribution >= 4 is 11.8 Å². The van der Waals surface area contributed by atoms with Gasteiger partial charge in [-0.2, -0.15) is 0 Å². The maximum atomic E-state index is 14.5. The molecule has 2 aromatic heterocycles. The summed E-state index contributed by atoms with van der Waals surface area (Å²) < 4.78 is 45.8. The van der Waals surface area contributed by atoms with Gasteiger partial charge in [-0.15, -0.1) is 0 Å². The molecule has 2 aliphatic heterocycles. The third-order valence-corrected chi connectivity index (χ3v) is 7.55. The number of carbonyl (C=O) groups is 1. The molecular formula is C27H27F2N3O4. The standard InChI is InChI=1S/C27H27F2N3O4/c1-34-27(33)16-7-10-23(30-13-16)32-17-8-9-18(32)12-19(11-17)35-14-20-25(31-36-26(20)15-5-6-15)24-21(28)3-2-4-22(24)29/h2-4,7,10,13,15,17-19H,5-6,8-9,11-12,14H2,1H3/t17-,18?,19?/m0/s1. The number of esters is 1. The molecule has 2 bridgehead atoms. The quantitative estimate of drug-likeness (QED) is 0.407. The van der Waals surface area contributed by atoms with Gasteiger partial charge >= 0.3 is 5.97 Å². The smallest absolute Gasteiger partial charge is 0.339 e. The first-order valence-electron chi connectivity index (χ1n) is 12.4. The van der Waals surface area contributed by atoms with Crippen molar-refractivity contribution in [1.82, 2.24) is 10.1 Å². The maximum absolute atomic E-state index is 14.5. The van der Waals surface area contributed by atoms with Crippen LogP contribution in [0.25, 0.3) is 11.3 Å². The first-order chi connectivity index (χ1) is 17.5. The van der Waals surface area contributed by atoms with Crippen molar-refractivity contribution in [2.24, 2.45) is 0 Å². The Kier molecular flexibility index (Phi) is 5.95. The fraction of sp³-hybridized carbons (Fsp3) is 0.444. The lowest BCUT2D eigenvalue weighted by atomic mass is 9.99. The minimum atomic E-state index is -0.663. The monoisotopic (exact) mass is 495 g/mol. The lowest BCUT2D eigenvalue weighted by Gasteiger charge is -2.39. The highest BCUT2D eigenvalue weighted by Crippen LogP contribution is 2.45. The van der Waals surface area contributed by atoms with E-state index in [1.165, 1.54) is 25.3 Å². The van der Waals surface area contributed by atoms with Gasteiger partial charge in [0.25, 0.3) is 0 Å². The number of methoxy groups -OCH3 is 1. The zero-order chi connectivity index (χ0) is 24.8. The minimum absolute atomic E-state index is 0.00774. The molecular weight excluding hydrogens is 468 g/mol. The van der Waals surface area contributed by atoms with Crippen molar-refractivity contribution in [3.05, 3.63) is 65.1 Å². The highest BCUT2D eigenvalue weighted by atomic mass is 19.1. The summed E-state index contributed by atoms with van der Waals surface area (Å²) in [6.45, 7) is 0.203. The highest BCUT2D eigenvalue weighted by molar-refractivity contribution is 5.89. The van der Waals surface area contributed by atoms with Crippen LogP contribution in [-0.2, 0) is 16.1 Å². The number of piperidine rings is 1. The van der Waals surface area contributed by atoms with Crippen LogP contribution in [0.15, 0.2) is 41.1 Å². The predicted octanol–water partition coefficient (Wildman–Crippen LogP) is 5.40. The molecule has 1 aliphatic carbocycles. The number of halogens is 2. The lowest BCUT2D eigenvalue weighted by Crippen LogP contribution is -2.46. The Hall–Kier alpha value is -3.33. The number of aromatic nitrogens is 2. The van der Waals surface area contributed by atoms with Crippen molar-refractivity contribution in [2.75, 3.05) is 12.0 Å². The average Bonchev–Trinajstić information content (AvgIpc) is 3.59. The molecule has 7 nitrogen and oxygen atoms in total. The second kappa shape index (κ2) is 9.28. The summed E-state index contributed by atoms with van der Waals surface area (Å²) in [5, 5.41) is 4.07. The molecule has 1 saturated carbocycles. The van der Waals surface area contributed by atoms with Crippen LogP contribution in [0.4, 0.5) is 14.6 Å². The van der Waals surface area contributed by atoms with E-state index in [-0.39, 0.29) is 42.0 Å². The van der Waals surface area contributed by atoms with Crippen molar-refractivity contribution in [3.8, 4) is 11.3 Å². The summed E-state index contributed by atoms with van der Waals surface area (Å²) in [5.41, 5.74) is 1.11. The molecule has 188 valence electrons. The van der Waals surface area contributed by atoms with Gasteiger partial charge in [0, 0.05) is 29.8 Å². The summed E-state index contributed by atoms with van der Waals surface area (Å²) in [7, 11) is 1.35. The predicted molar refractivity (Wildman–Crippen MR) is 127 cm³/mol. The van der Waals surface area contributed by atoms with Crippen LogP contribution in [0.1, 0.15) is 66.1 Å². The lowest BCUT2D eigenvalue weighted by molar-refractivity contribution is 0.0146. The van der Waals surface area contributed by atoms with Gasteiger partial charge in [-0.3, -0.25) is 0 Å². The zero-order valence-electron chi connectivity index (χ0n) is 20.0. The number of pyridine rings is 1. The molecule has 2 unspecified atom stereocenters. The van der Waals surface area contributed by atoms with Crippen LogP contribution in [-0.4, -0.2) is 41.4 Å². The van der Waals surface area contributed by atoms with E-state index in [0.717, 1.165) is 44.3 Å². The molecule has 0 N–H and O–H groups in total. The third kappa shape index (κ3) is 4.15. The summed E-state index contributed by atoms with van der Waals surface area (Å²) in [6, 6.07) is 7.96. The Morgan fingerprint density at radius 2 is 1.81 bits per heavy atom. The van der Waals surface area contributed by atoms with Crippen LogP contribution in [0.2, 0.25) is 0 Å². The number of hydrogen-bond acceptors (Lipinski definition) is 7. The van der Waals surface area contributed by atoms with Crippen molar-refractivity contribution < 1.29 is 27.6 Å². The van der Waals surface area contributed by atoms with Gasteiger partial charge in [-0.05, 0) is 62.8 Å². The summed E-state index contributed by atoms with van der Waals surface area (Å²) in [6.07, 6.45) is 7.24. The number of carbonyl (C=O) groups excluding carboxylic acids is 1. The van der Waals surface area contributed by atoms with E-state index in [0.29, 0.717) is 16.9 Å². The number of ether oxygens (including phenoxy) is 2. The molecule has 1 aromatic carbocycles. The molecule has 4 heterocycles. The second-order valence-corrected chi connectivity index (χ2v) is 9.84. The normalized spacial score (nSPS) is 23.2. The molecule has 0 spiro atoms. The van der Waals surface area contributed by atoms with E-state index in [2.05, 4.69) is 15.0 Å². The average molecular weight is 496 g/mol. The molecule has 9 heteroatoms. The molecule has 36 heavy (non-hydrogen) atoms. The largest absolute Gasteiger partial charge is 0.465 e. The van der Waals surface area contributed by atoms with Crippen LogP contribution >= 0.6 is 0 Å².